The smallest absolute Gasteiger partial charge is 0.343 e. The van der Waals surface area contributed by atoms with Crippen molar-refractivity contribution in [2.75, 3.05) is 0 Å². The van der Waals surface area contributed by atoms with Gasteiger partial charge >= 0.3 is 5.97 Å². The van der Waals surface area contributed by atoms with Crippen LogP contribution in [0.15, 0.2) is 48.5 Å². The van der Waals surface area contributed by atoms with E-state index in [9.17, 15) is 9.59 Å². The van der Waals surface area contributed by atoms with Crippen LogP contribution in [0.3, 0.4) is 0 Å². The van der Waals surface area contributed by atoms with Crippen molar-refractivity contribution in [3.8, 4) is 5.75 Å². The number of hydrogen-bond donors (Lipinski definition) is 0. The first kappa shape index (κ1) is 12.6. The van der Waals surface area contributed by atoms with Crippen LogP contribution in [0.1, 0.15) is 39.1 Å². The lowest BCUT2D eigenvalue weighted by atomic mass is 9.89. The number of ether oxygens (including phenoxy) is 1. The fourth-order valence-electron chi connectivity index (χ4n) is 2.43. The molecular weight excluding hydrogens is 252 g/mol. The third-order valence-corrected chi connectivity index (χ3v) is 3.45. The zero-order chi connectivity index (χ0) is 13.9. The van der Waals surface area contributed by atoms with Crippen LogP contribution in [0.25, 0.3) is 0 Å². The number of aryl methyl sites for hydroxylation is 1. The monoisotopic (exact) mass is 266 g/mol. The number of carbonyl (C=O) groups excluding carboxylic acids is 2. The van der Waals surface area contributed by atoms with Crippen molar-refractivity contribution in [3.05, 3.63) is 65.2 Å². The molecule has 0 bridgehead atoms. The Kier molecular flexibility index (Phi) is 3.33. The summed E-state index contributed by atoms with van der Waals surface area (Å²) < 4.78 is 5.29. The third-order valence-electron chi connectivity index (χ3n) is 3.45. The molecule has 0 aliphatic heterocycles. The summed E-state index contributed by atoms with van der Waals surface area (Å²) >= 11 is 0. The Labute approximate surface area is 117 Å². The van der Waals surface area contributed by atoms with Crippen LogP contribution in [-0.4, -0.2) is 11.8 Å². The van der Waals surface area contributed by atoms with Gasteiger partial charge in [0.1, 0.15) is 5.75 Å². The molecule has 0 saturated carbocycles. The first-order valence-corrected chi connectivity index (χ1v) is 6.67. The molecule has 0 heterocycles. The van der Waals surface area contributed by atoms with Crippen LogP contribution in [-0.2, 0) is 6.42 Å². The van der Waals surface area contributed by atoms with Gasteiger partial charge in [-0.15, -0.1) is 0 Å². The molecule has 0 spiro atoms. The Morgan fingerprint density at radius 2 is 1.80 bits per heavy atom. The normalized spacial score (nSPS) is 13.7. The van der Waals surface area contributed by atoms with Gasteiger partial charge in [0, 0.05) is 12.0 Å². The first-order valence-electron chi connectivity index (χ1n) is 6.67. The lowest BCUT2D eigenvalue weighted by molar-refractivity contribution is 0.0734. The highest BCUT2D eigenvalue weighted by Crippen LogP contribution is 2.23. The maximum Gasteiger partial charge on any atom is 0.343 e. The SMILES string of the molecule is O=C(Oc1ccccc1)c1ccc2c(c1)CCCC2=O. The highest BCUT2D eigenvalue weighted by Gasteiger charge is 2.19. The van der Waals surface area contributed by atoms with Crippen LogP contribution in [0, 0.1) is 0 Å². The van der Waals surface area contributed by atoms with Gasteiger partial charge in [-0.25, -0.2) is 4.79 Å². The molecule has 0 atom stereocenters. The van der Waals surface area contributed by atoms with Gasteiger partial charge in [0.15, 0.2) is 5.78 Å². The number of para-hydroxylation sites is 1. The fourth-order valence-corrected chi connectivity index (χ4v) is 2.43. The number of hydrogen-bond acceptors (Lipinski definition) is 3. The number of carbonyl (C=O) groups is 2. The largest absolute Gasteiger partial charge is 0.423 e. The third kappa shape index (κ3) is 2.48. The van der Waals surface area contributed by atoms with Crippen molar-refractivity contribution < 1.29 is 14.3 Å². The van der Waals surface area contributed by atoms with Crippen molar-refractivity contribution >= 4 is 11.8 Å². The molecule has 0 saturated heterocycles. The summed E-state index contributed by atoms with van der Waals surface area (Å²) in [6.45, 7) is 0. The second-order valence-electron chi connectivity index (χ2n) is 4.85. The predicted molar refractivity (Wildman–Crippen MR) is 75.1 cm³/mol. The molecule has 0 unspecified atom stereocenters. The van der Waals surface area contributed by atoms with Crippen LogP contribution >= 0.6 is 0 Å². The van der Waals surface area contributed by atoms with Gasteiger partial charge in [-0.2, -0.15) is 0 Å². The van der Waals surface area contributed by atoms with E-state index in [1.54, 1.807) is 30.3 Å². The zero-order valence-corrected chi connectivity index (χ0v) is 11.0. The maximum absolute atomic E-state index is 12.1. The molecule has 0 aromatic heterocycles. The average Bonchev–Trinajstić information content (AvgIpc) is 2.48. The fraction of sp³-hybridized carbons (Fsp3) is 0.176. The predicted octanol–water partition coefficient (Wildman–Crippen LogP) is 3.42. The lowest BCUT2D eigenvalue weighted by Gasteiger charge is -2.15. The molecule has 20 heavy (non-hydrogen) atoms. The van der Waals surface area contributed by atoms with Gasteiger partial charge in [-0.05, 0) is 42.7 Å². The molecule has 0 amide bonds. The lowest BCUT2D eigenvalue weighted by Crippen LogP contribution is -2.14. The highest BCUT2D eigenvalue weighted by atomic mass is 16.5. The van der Waals surface area contributed by atoms with Gasteiger partial charge in [0.2, 0.25) is 0 Å². The van der Waals surface area contributed by atoms with Gasteiger partial charge in [0.25, 0.3) is 0 Å². The molecule has 0 N–H and O–H groups in total. The van der Waals surface area contributed by atoms with Gasteiger partial charge in [0.05, 0.1) is 5.56 Å². The minimum absolute atomic E-state index is 0.161. The molecular formula is C17H14O3. The van der Waals surface area contributed by atoms with Crippen molar-refractivity contribution in [1.29, 1.82) is 0 Å². The summed E-state index contributed by atoms with van der Waals surface area (Å²) in [7, 11) is 0. The summed E-state index contributed by atoms with van der Waals surface area (Å²) in [4.78, 5) is 23.8. The average molecular weight is 266 g/mol. The number of benzene rings is 2. The Balaban J connectivity index is 1.84. The minimum Gasteiger partial charge on any atom is -0.423 e. The molecule has 3 nitrogen and oxygen atoms in total. The molecule has 2 aromatic rings. The van der Waals surface area contributed by atoms with Crippen molar-refractivity contribution in [3.63, 3.8) is 0 Å². The molecule has 0 fully saturated rings. The number of fused-ring (bicyclic) bond motifs is 1. The summed E-state index contributed by atoms with van der Waals surface area (Å²) in [6.07, 6.45) is 2.29. The number of rotatable bonds is 2. The van der Waals surface area contributed by atoms with Gasteiger partial charge in [-0.3, -0.25) is 4.79 Å². The van der Waals surface area contributed by atoms with Crippen molar-refractivity contribution in [2.24, 2.45) is 0 Å². The summed E-state index contributed by atoms with van der Waals surface area (Å²) in [5, 5.41) is 0. The van der Waals surface area contributed by atoms with E-state index in [-0.39, 0.29) is 5.78 Å². The summed E-state index contributed by atoms with van der Waals surface area (Å²) in [6, 6.07) is 14.1. The molecule has 100 valence electrons. The van der Waals surface area contributed by atoms with E-state index < -0.39 is 5.97 Å². The van der Waals surface area contributed by atoms with Gasteiger partial charge < -0.3 is 4.74 Å². The van der Waals surface area contributed by atoms with E-state index in [0.717, 1.165) is 24.0 Å². The molecule has 1 aliphatic rings. The highest BCUT2D eigenvalue weighted by molar-refractivity contribution is 6.00. The molecule has 3 heteroatoms. The van der Waals surface area contributed by atoms with E-state index in [1.807, 2.05) is 18.2 Å². The first-order chi connectivity index (χ1) is 9.74. The van der Waals surface area contributed by atoms with Crippen LogP contribution in [0.4, 0.5) is 0 Å². The molecule has 2 aromatic carbocycles. The minimum atomic E-state index is -0.392. The maximum atomic E-state index is 12.1. The summed E-state index contributed by atoms with van der Waals surface area (Å²) in [5.74, 6) is 0.289. The van der Waals surface area contributed by atoms with Crippen LogP contribution in [0.2, 0.25) is 0 Å². The van der Waals surface area contributed by atoms with Crippen molar-refractivity contribution in [2.45, 2.75) is 19.3 Å². The van der Waals surface area contributed by atoms with E-state index in [1.165, 1.54) is 0 Å². The number of esters is 1. The quantitative estimate of drug-likeness (QED) is 0.618. The second kappa shape index (κ2) is 5.29. The Hall–Kier alpha value is -2.42. The standard InChI is InChI=1S/C17H14O3/c18-16-8-4-5-12-11-13(9-10-15(12)16)17(19)20-14-6-2-1-3-7-14/h1-3,6-7,9-11H,4-5,8H2. The summed E-state index contributed by atoms with van der Waals surface area (Å²) in [5.41, 5.74) is 2.18. The Morgan fingerprint density at radius 3 is 2.60 bits per heavy atom. The zero-order valence-electron chi connectivity index (χ0n) is 11.0. The van der Waals surface area contributed by atoms with E-state index in [4.69, 9.17) is 4.74 Å². The molecule has 1 aliphatic carbocycles. The van der Waals surface area contributed by atoms with E-state index >= 15 is 0 Å². The second-order valence-corrected chi connectivity index (χ2v) is 4.85. The topological polar surface area (TPSA) is 43.4 Å². The van der Waals surface area contributed by atoms with Crippen molar-refractivity contribution in [1.82, 2.24) is 0 Å². The number of Topliss-reactive ketones (excluding diaryl/α,β-unsaturated/α-hetero) is 1. The van der Waals surface area contributed by atoms with Crippen LogP contribution < -0.4 is 4.74 Å². The molecule has 0 radical (unpaired) electrons. The Bertz CT molecular complexity index is 659. The van der Waals surface area contributed by atoms with E-state index in [2.05, 4.69) is 0 Å². The number of ketones is 1. The molecule has 3 rings (SSSR count). The Morgan fingerprint density at radius 1 is 1.00 bits per heavy atom. The van der Waals surface area contributed by atoms with Crippen LogP contribution in [0.5, 0.6) is 5.75 Å². The van der Waals surface area contributed by atoms with E-state index in [0.29, 0.717) is 17.7 Å². The van der Waals surface area contributed by atoms with Gasteiger partial charge in [-0.1, -0.05) is 24.3 Å².